The molecule has 0 aromatic carbocycles. The van der Waals surface area contributed by atoms with E-state index in [4.69, 9.17) is 4.74 Å². The maximum atomic E-state index is 6.04. The maximum Gasteiger partial charge on any atom is 0.0598 e. The lowest BCUT2D eigenvalue weighted by Gasteiger charge is -2.50. The predicted octanol–water partition coefficient (Wildman–Crippen LogP) is 11.4. The van der Waals surface area contributed by atoms with Gasteiger partial charge in [-0.1, -0.05) is 122 Å². The molecule has 8 unspecified atom stereocenters. The van der Waals surface area contributed by atoms with Crippen molar-refractivity contribution in [2.45, 2.75) is 179 Å². The monoisotopic (exact) mass is 542 g/mol. The number of ether oxygens (including phenoxy) is 1. The molecule has 0 saturated heterocycles. The van der Waals surface area contributed by atoms with E-state index in [2.05, 4.69) is 34.2 Å². The van der Waals surface area contributed by atoms with Gasteiger partial charge in [-0.15, -0.1) is 0 Å². The second-order valence-corrected chi connectivity index (χ2v) is 21.5. The van der Waals surface area contributed by atoms with E-state index < -0.39 is 8.07 Å². The Balaban J connectivity index is 1.29. The van der Waals surface area contributed by atoms with Gasteiger partial charge in [-0.05, 0) is 92.5 Å². The summed E-state index contributed by atoms with van der Waals surface area (Å²) in [5, 5.41) is 0. The standard InChI is InChI=1S/C36H66OSi/c1-27-26-33-30(28-16-9-8-10-17-28)20-15-21-32(33)35(27)38(5,25-14-7-6-13-24-37-36(2,3)4)34-23-22-29-18-11-12-19-31(29)34/h27-35H,6-26H2,1-5H3/t27?,29?,30?,31?,32?,33?,34?,35?,38-/m0/s1. The fourth-order valence-corrected chi connectivity index (χ4v) is 19.2. The van der Waals surface area contributed by atoms with Gasteiger partial charge >= 0.3 is 0 Å². The third kappa shape index (κ3) is 6.63. The Morgan fingerprint density at radius 1 is 0.632 bits per heavy atom. The van der Waals surface area contributed by atoms with Crippen LogP contribution in [0.1, 0.15) is 150 Å². The zero-order valence-electron chi connectivity index (χ0n) is 26.5. The molecule has 0 spiro atoms. The molecule has 1 nitrogen and oxygen atoms in total. The minimum Gasteiger partial charge on any atom is -0.376 e. The highest BCUT2D eigenvalue weighted by Crippen LogP contribution is 2.66. The van der Waals surface area contributed by atoms with Crippen LogP contribution in [0.5, 0.6) is 0 Å². The first-order chi connectivity index (χ1) is 18.3. The zero-order valence-corrected chi connectivity index (χ0v) is 27.5. The molecular weight excluding hydrogens is 476 g/mol. The highest BCUT2D eigenvalue weighted by Gasteiger charge is 2.58. The van der Waals surface area contributed by atoms with Gasteiger partial charge in [0, 0.05) is 6.61 Å². The van der Waals surface area contributed by atoms with Crippen molar-refractivity contribution in [2.75, 3.05) is 6.61 Å². The lowest BCUT2D eigenvalue weighted by Crippen LogP contribution is -2.48. The molecule has 5 rings (SSSR count). The summed E-state index contributed by atoms with van der Waals surface area (Å²) in [6.45, 7) is 13.3. The van der Waals surface area contributed by atoms with Crippen molar-refractivity contribution in [1.29, 1.82) is 0 Å². The van der Waals surface area contributed by atoms with Crippen molar-refractivity contribution in [1.82, 2.24) is 0 Å². The largest absolute Gasteiger partial charge is 0.376 e. The van der Waals surface area contributed by atoms with Crippen LogP contribution in [-0.2, 0) is 4.74 Å². The Labute approximate surface area is 239 Å². The van der Waals surface area contributed by atoms with E-state index in [-0.39, 0.29) is 5.60 Å². The fraction of sp³-hybridized carbons (Fsp3) is 1.00. The number of hydrogen-bond acceptors (Lipinski definition) is 1. The van der Waals surface area contributed by atoms with Crippen molar-refractivity contribution in [3.05, 3.63) is 0 Å². The van der Waals surface area contributed by atoms with Gasteiger partial charge in [0.1, 0.15) is 0 Å². The van der Waals surface area contributed by atoms with Crippen LogP contribution in [0.4, 0.5) is 0 Å². The average Bonchev–Trinajstić information content (AvgIpc) is 3.49. The van der Waals surface area contributed by atoms with Crippen LogP contribution in [0.3, 0.4) is 0 Å². The fourth-order valence-electron chi connectivity index (χ4n) is 11.9. The molecule has 0 amide bonds. The van der Waals surface area contributed by atoms with E-state index in [1.54, 1.807) is 76.7 Å². The number of rotatable bonds is 10. The van der Waals surface area contributed by atoms with E-state index in [1.807, 2.05) is 0 Å². The van der Waals surface area contributed by atoms with Crippen molar-refractivity contribution >= 4 is 8.07 Å². The SMILES string of the molecule is CC1CC2C(C3CCCCC3)CCCC2C1[Si@@](C)(CCCCCCOC(C)(C)C)C1CCC2CCCCC21. The smallest absolute Gasteiger partial charge is 0.0598 e. The average molecular weight is 543 g/mol. The van der Waals surface area contributed by atoms with E-state index in [9.17, 15) is 0 Å². The van der Waals surface area contributed by atoms with Crippen LogP contribution in [0, 0.1) is 41.4 Å². The second kappa shape index (κ2) is 13.0. The molecule has 0 heterocycles. The van der Waals surface area contributed by atoms with Crippen molar-refractivity contribution in [2.24, 2.45) is 41.4 Å². The van der Waals surface area contributed by atoms with Gasteiger partial charge in [-0.2, -0.15) is 0 Å². The second-order valence-electron chi connectivity index (χ2n) is 16.6. The van der Waals surface area contributed by atoms with Crippen LogP contribution in [-0.4, -0.2) is 20.3 Å². The molecule has 0 N–H and O–H groups in total. The zero-order chi connectivity index (χ0) is 26.8. The summed E-state index contributed by atoms with van der Waals surface area (Å²) >= 11 is 0. The molecule has 0 bridgehead atoms. The molecule has 0 aromatic heterocycles. The summed E-state index contributed by atoms with van der Waals surface area (Å²) in [7, 11) is -1.37. The first kappa shape index (κ1) is 29.7. The maximum absolute atomic E-state index is 6.04. The third-order valence-corrected chi connectivity index (χ3v) is 19.6. The summed E-state index contributed by atoms with van der Waals surface area (Å²) < 4.78 is 6.04. The minimum atomic E-state index is -1.37. The van der Waals surface area contributed by atoms with Crippen LogP contribution >= 0.6 is 0 Å². The first-order valence-electron chi connectivity index (χ1n) is 17.9. The van der Waals surface area contributed by atoms with Gasteiger partial charge in [0.2, 0.25) is 0 Å². The Kier molecular flexibility index (Phi) is 10.1. The van der Waals surface area contributed by atoms with Crippen LogP contribution in [0.2, 0.25) is 23.7 Å². The van der Waals surface area contributed by atoms with Gasteiger partial charge < -0.3 is 4.74 Å². The molecule has 5 fully saturated rings. The predicted molar refractivity (Wildman–Crippen MR) is 167 cm³/mol. The summed E-state index contributed by atoms with van der Waals surface area (Å²) in [5.41, 5.74) is 2.34. The van der Waals surface area contributed by atoms with E-state index in [0.717, 1.165) is 53.6 Å². The van der Waals surface area contributed by atoms with Crippen LogP contribution in [0.15, 0.2) is 0 Å². The Morgan fingerprint density at radius 2 is 1.26 bits per heavy atom. The van der Waals surface area contributed by atoms with Gasteiger partial charge in [0.25, 0.3) is 0 Å². The highest BCUT2D eigenvalue weighted by molar-refractivity contribution is 6.81. The van der Waals surface area contributed by atoms with Gasteiger partial charge in [0.05, 0.1) is 13.7 Å². The molecule has 2 heteroatoms. The summed E-state index contributed by atoms with van der Waals surface area (Å²) in [6.07, 6.45) is 29.3. The Morgan fingerprint density at radius 3 is 2.03 bits per heavy atom. The van der Waals surface area contributed by atoms with E-state index >= 15 is 0 Å². The number of hydrogen-bond donors (Lipinski definition) is 0. The lowest BCUT2D eigenvalue weighted by atomic mass is 9.65. The van der Waals surface area contributed by atoms with Gasteiger partial charge in [-0.3, -0.25) is 0 Å². The molecule has 9 atom stereocenters. The van der Waals surface area contributed by atoms with Crippen molar-refractivity contribution < 1.29 is 4.74 Å². The van der Waals surface area contributed by atoms with Crippen molar-refractivity contribution in [3.63, 3.8) is 0 Å². The Hall–Kier alpha value is 0.177. The molecule has 5 aliphatic rings. The summed E-state index contributed by atoms with van der Waals surface area (Å²) in [6, 6.07) is 1.66. The Bertz CT molecular complexity index is 721. The minimum absolute atomic E-state index is 0.0229. The normalized spacial score (nSPS) is 40.0. The highest BCUT2D eigenvalue weighted by atomic mass is 28.3. The molecule has 0 aliphatic heterocycles. The summed E-state index contributed by atoms with van der Waals surface area (Å²) in [4.78, 5) is 0. The molecule has 38 heavy (non-hydrogen) atoms. The van der Waals surface area contributed by atoms with Crippen molar-refractivity contribution in [3.8, 4) is 0 Å². The molecule has 0 radical (unpaired) electrons. The van der Waals surface area contributed by atoms with Crippen LogP contribution < -0.4 is 0 Å². The van der Waals surface area contributed by atoms with Gasteiger partial charge in [0.15, 0.2) is 0 Å². The number of fused-ring (bicyclic) bond motifs is 2. The third-order valence-electron chi connectivity index (χ3n) is 13.2. The molecular formula is C36H66OSi. The molecule has 5 aliphatic carbocycles. The van der Waals surface area contributed by atoms with E-state index in [0.29, 0.717) is 0 Å². The number of unbranched alkanes of at least 4 members (excludes halogenated alkanes) is 3. The topological polar surface area (TPSA) is 9.23 Å². The quantitative estimate of drug-likeness (QED) is 0.197. The van der Waals surface area contributed by atoms with Gasteiger partial charge in [-0.25, -0.2) is 0 Å². The van der Waals surface area contributed by atoms with Crippen LogP contribution in [0.25, 0.3) is 0 Å². The van der Waals surface area contributed by atoms with E-state index in [1.165, 1.54) is 56.9 Å². The lowest BCUT2D eigenvalue weighted by molar-refractivity contribution is -0.00471. The first-order valence-corrected chi connectivity index (χ1v) is 20.8. The molecule has 5 saturated carbocycles. The molecule has 0 aromatic rings. The summed E-state index contributed by atoms with van der Waals surface area (Å²) in [5.74, 6) is 7.69. The molecule has 220 valence electrons.